The fourth-order valence-electron chi connectivity index (χ4n) is 3.45. The van der Waals surface area contributed by atoms with Crippen molar-refractivity contribution in [1.29, 1.82) is 5.41 Å². The van der Waals surface area contributed by atoms with Crippen LogP contribution in [0.4, 0.5) is 0 Å². The van der Waals surface area contributed by atoms with E-state index in [1.54, 1.807) is 24.3 Å². The van der Waals surface area contributed by atoms with Crippen molar-refractivity contribution in [2.24, 2.45) is 0 Å². The molecule has 0 fully saturated rings. The molecule has 0 aliphatic heterocycles. The van der Waals surface area contributed by atoms with Gasteiger partial charge in [0.05, 0.1) is 33.9 Å². The van der Waals surface area contributed by atoms with Crippen LogP contribution >= 0.6 is 0 Å². The lowest BCUT2D eigenvalue weighted by molar-refractivity contribution is -0.136. The molecular formula is C25H33NO7. The van der Waals surface area contributed by atoms with Gasteiger partial charge in [0.2, 0.25) is 5.75 Å². The number of hydrogen-bond donors (Lipinski definition) is 3. The van der Waals surface area contributed by atoms with Crippen LogP contribution < -0.4 is 18.9 Å². The average molecular weight is 460 g/mol. The Balaban J connectivity index is 2.04. The number of phenols is 1. The van der Waals surface area contributed by atoms with Crippen molar-refractivity contribution in [2.45, 2.75) is 46.0 Å². The molecule has 0 radical (unpaired) electrons. The summed E-state index contributed by atoms with van der Waals surface area (Å²) in [5.74, 6) is 0.980. The van der Waals surface area contributed by atoms with E-state index < -0.39 is 5.97 Å². The maximum absolute atomic E-state index is 11.0. The zero-order valence-corrected chi connectivity index (χ0v) is 19.7. The lowest BCUT2D eigenvalue weighted by Crippen LogP contribution is -2.09. The van der Waals surface area contributed by atoms with Gasteiger partial charge in [0, 0.05) is 23.3 Å². The van der Waals surface area contributed by atoms with Crippen LogP contribution in [-0.2, 0) is 17.6 Å². The molecule has 0 aliphatic carbocycles. The fraction of sp³-hybridized carbons (Fsp3) is 0.440. The average Bonchev–Trinajstić information content (AvgIpc) is 2.80. The number of methoxy groups -OCH3 is 2. The van der Waals surface area contributed by atoms with Crippen LogP contribution in [0.2, 0.25) is 0 Å². The smallest absolute Gasteiger partial charge is 0.307 e. The Labute approximate surface area is 194 Å². The summed E-state index contributed by atoms with van der Waals surface area (Å²) >= 11 is 0. The number of rotatable bonds is 14. The number of carboxylic acid groups (broad SMARTS) is 1. The van der Waals surface area contributed by atoms with Gasteiger partial charge in [0.15, 0.2) is 11.5 Å². The fourth-order valence-corrected chi connectivity index (χ4v) is 3.45. The second-order valence-corrected chi connectivity index (χ2v) is 7.47. The Morgan fingerprint density at radius 3 is 2.18 bits per heavy atom. The van der Waals surface area contributed by atoms with Crippen LogP contribution in [0, 0.1) is 5.41 Å². The predicted octanol–water partition coefficient (Wildman–Crippen LogP) is 4.61. The topological polar surface area (TPSA) is 118 Å². The van der Waals surface area contributed by atoms with Crippen molar-refractivity contribution in [3.05, 3.63) is 41.0 Å². The van der Waals surface area contributed by atoms with Crippen molar-refractivity contribution >= 4 is 11.7 Å². The van der Waals surface area contributed by atoms with Gasteiger partial charge < -0.3 is 34.6 Å². The molecule has 0 aliphatic rings. The monoisotopic (exact) mass is 459 g/mol. The Bertz CT molecular complexity index is 946. The Morgan fingerprint density at radius 1 is 1.00 bits per heavy atom. The molecule has 180 valence electrons. The molecule has 8 nitrogen and oxygen atoms in total. The largest absolute Gasteiger partial charge is 0.507 e. The van der Waals surface area contributed by atoms with E-state index in [4.69, 9.17) is 29.5 Å². The van der Waals surface area contributed by atoms with Crippen LogP contribution in [0.25, 0.3) is 0 Å². The molecular weight excluding hydrogens is 426 g/mol. The highest BCUT2D eigenvalue weighted by Crippen LogP contribution is 2.39. The zero-order valence-electron chi connectivity index (χ0n) is 19.7. The van der Waals surface area contributed by atoms with E-state index in [0.29, 0.717) is 77.9 Å². The Hall–Kier alpha value is -3.42. The van der Waals surface area contributed by atoms with E-state index in [1.807, 2.05) is 13.8 Å². The molecule has 2 aromatic carbocycles. The first-order valence-corrected chi connectivity index (χ1v) is 11.0. The molecule has 0 bridgehead atoms. The van der Waals surface area contributed by atoms with Gasteiger partial charge in [-0.3, -0.25) is 4.79 Å². The lowest BCUT2D eigenvalue weighted by atomic mass is 9.99. The van der Waals surface area contributed by atoms with E-state index >= 15 is 0 Å². The van der Waals surface area contributed by atoms with E-state index in [1.165, 1.54) is 14.2 Å². The van der Waals surface area contributed by atoms with Crippen molar-refractivity contribution in [3.8, 4) is 28.7 Å². The van der Waals surface area contributed by atoms with Gasteiger partial charge in [-0.25, -0.2) is 0 Å². The van der Waals surface area contributed by atoms with Crippen molar-refractivity contribution < 1.29 is 34.0 Å². The molecule has 2 rings (SSSR count). The summed E-state index contributed by atoms with van der Waals surface area (Å²) in [5.41, 5.74) is 2.20. The summed E-state index contributed by atoms with van der Waals surface area (Å²) in [5, 5.41) is 27.7. The van der Waals surface area contributed by atoms with Crippen LogP contribution in [0.15, 0.2) is 24.3 Å². The molecule has 2 aromatic rings. The molecule has 0 amide bonds. The van der Waals surface area contributed by atoms with Crippen LogP contribution in [0.1, 0.15) is 49.8 Å². The first kappa shape index (κ1) is 25.8. The third kappa shape index (κ3) is 6.78. The standard InChI is InChI=1S/C25H33NO7/c1-5-8-18-20(10-9-17(24(18)29)19(26)6-2)32-11-7-12-33-25-21(30-3)13-16(15-23(27)28)14-22(25)31-4/h9-10,13-14,26,29H,5-8,11-12,15H2,1-4H3,(H,27,28). The van der Waals surface area contributed by atoms with Crippen LogP contribution in [-0.4, -0.2) is 49.3 Å². The molecule has 8 heteroatoms. The van der Waals surface area contributed by atoms with Gasteiger partial charge >= 0.3 is 5.97 Å². The zero-order chi connectivity index (χ0) is 24.4. The highest BCUT2D eigenvalue weighted by atomic mass is 16.5. The maximum Gasteiger partial charge on any atom is 0.307 e. The molecule has 0 spiro atoms. The van der Waals surface area contributed by atoms with Crippen molar-refractivity contribution in [3.63, 3.8) is 0 Å². The van der Waals surface area contributed by atoms with Crippen LogP contribution in [0.3, 0.4) is 0 Å². The lowest BCUT2D eigenvalue weighted by Gasteiger charge is -2.17. The number of aromatic hydroxyl groups is 1. The summed E-state index contributed by atoms with van der Waals surface area (Å²) in [7, 11) is 2.97. The number of carbonyl (C=O) groups is 1. The number of carboxylic acids is 1. The van der Waals surface area contributed by atoms with E-state index in [2.05, 4.69) is 0 Å². The summed E-state index contributed by atoms with van der Waals surface area (Å²) in [6.45, 7) is 4.59. The molecule has 33 heavy (non-hydrogen) atoms. The SMILES string of the molecule is CCCc1c(OCCCOc2c(OC)cc(CC(=O)O)cc2OC)ccc(C(=N)CC)c1O. The van der Waals surface area contributed by atoms with Crippen molar-refractivity contribution in [1.82, 2.24) is 0 Å². The highest BCUT2D eigenvalue weighted by Gasteiger charge is 2.17. The van der Waals surface area contributed by atoms with E-state index in [9.17, 15) is 9.90 Å². The van der Waals surface area contributed by atoms with Gasteiger partial charge in [0.25, 0.3) is 0 Å². The first-order chi connectivity index (χ1) is 15.9. The minimum absolute atomic E-state index is 0.119. The number of nitrogens with one attached hydrogen (secondary N) is 1. The number of hydrogen-bond acceptors (Lipinski definition) is 7. The molecule has 0 unspecified atom stereocenters. The predicted molar refractivity (Wildman–Crippen MR) is 126 cm³/mol. The van der Waals surface area contributed by atoms with E-state index in [0.717, 1.165) is 6.42 Å². The summed E-state index contributed by atoms with van der Waals surface area (Å²) < 4.78 is 22.5. The van der Waals surface area contributed by atoms with Crippen molar-refractivity contribution in [2.75, 3.05) is 27.4 Å². The second kappa shape index (κ2) is 12.6. The molecule has 0 aromatic heterocycles. The molecule has 3 N–H and O–H groups in total. The first-order valence-electron chi connectivity index (χ1n) is 11.0. The second-order valence-electron chi connectivity index (χ2n) is 7.47. The molecule has 0 saturated heterocycles. The number of ether oxygens (including phenoxy) is 4. The van der Waals surface area contributed by atoms with Crippen LogP contribution in [0.5, 0.6) is 28.7 Å². The summed E-state index contributed by atoms with van der Waals surface area (Å²) in [6, 6.07) is 6.77. The number of aliphatic carboxylic acids is 1. The molecule has 0 atom stereocenters. The normalized spacial score (nSPS) is 10.5. The Morgan fingerprint density at radius 2 is 1.64 bits per heavy atom. The summed E-state index contributed by atoms with van der Waals surface area (Å²) in [6.07, 6.45) is 2.44. The molecule has 0 saturated carbocycles. The van der Waals surface area contributed by atoms with Gasteiger partial charge in [-0.05, 0) is 42.7 Å². The third-order valence-electron chi connectivity index (χ3n) is 5.09. The minimum atomic E-state index is -0.946. The van der Waals surface area contributed by atoms with Gasteiger partial charge in [0.1, 0.15) is 11.5 Å². The van der Waals surface area contributed by atoms with Gasteiger partial charge in [-0.2, -0.15) is 0 Å². The number of phenolic OH excluding ortho intramolecular Hbond substituents is 1. The minimum Gasteiger partial charge on any atom is -0.507 e. The third-order valence-corrected chi connectivity index (χ3v) is 5.09. The molecule has 0 heterocycles. The van der Waals surface area contributed by atoms with E-state index in [-0.39, 0.29) is 12.2 Å². The summed E-state index contributed by atoms with van der Waals surface area (Å²) in [4.78, 5) is 11.0. The van der Waals surface area contributed by atoms with Gasteiger partial charge in [-0.1, -0.05) is 20.3 Å². The highest BCUT2D eigenvalue weighted by molar-refractivity contribution is 6.01. The van der Waals surface area contributed by atoms with Gasteiger partial charge in [-0.15, -0.1) is 0 Å². The Kier molecular flexibility index (Phi) is 9.84. The number of benzene rings is 2. The quantitative estimate of drug-likeness (QED) is 0.279. The maximum atomic E-state index is 11.0.